The van der Waals surface area contributed by atoms with Crippen molar-refractivity contribution in [1.29, 1.82) is 0 Å². The van der Waals surface area contributed by atoms with Crippen LogP contribution in [0, 0.1) is 17.3 Å². The molecule has 0 radical (unpaired) electrons. The molecular weight excluding hydrogens is 931 g/mol. The minimum absolute atomic E-state index is 0.0614. The Morgan fingerprint density at radius 3 is 2.23 bits per heavy atom. The zero-order chi connectivity index (χ0) is 50.5. The highest BCUT2D eigenvalue weighted by Gasteiger charge is 2.58. The van der Waals surface area contributed by atoms with Crippen LogP contribution in [0.2, 0.25) is 0 Å². The first-order valence-electron chi connectivity index (χ1n) is 28.4. The molecule has 2 unspecified atom stereocenters. The van der Waals surface area contributed by atoms with Gasteiger partial charge in [0, 0.05) is 93.2 Å². The third-order valence-corrected chi connectivity index (χ3v) is 19.6. The number of rotatable bonds is 10. The first-order valence-corrected chi connectivity index (χ1v) is 28.4. The molecule has 3 aliphatic carbocycles. The fourth-order valence-corrected chi connectivity index (χ4v) is 14.6. The van der Waals surface area contributed by atoms with Crippen LogP contribution in [0.5, 0.6) is 0 Å². The van der Waals surface area contributed by atoms with E-state index in [0.717, 1.165) is 115 Å². The Kier molecular flexibility index (Phi) is 12.1. The third-order valence-electron chi connectivity index (χ3n) is 19.6. The molecule has 0 bridgehead atoms. The molecule has 9 heterocycles. The average Bonchev–Trinajstić information content (AvgIpc) is 4.06. The second kappa shape index (κ2) is 18.7. The molecule has 2 atom stereocenters. The van der Waals surface area contributed by atoms with E-state index in [0.29, 0.717) is 89.9 Å². The number of hydrogen-bond donors (Lipinski definition) is 2. The maximum Gasteiger partial charge on any atom is 0.238 e. The van der Waals surface area contributed by atoms with Crippen LogP contribution in [0.25, 0.3) is 22.3 Å². The molecule has 13 rings (SSSR count). The Balaban J connectivity index is 0.708. The summed E-state index contributed by atoms with van der Waals surface area (Å²) in [5.41, 5.74) is 5.95. The molecule has 3 aromatic heterocycles. The van der Waals surface area contributed by atoms with Crippen molar-refractivity contribution in [1.82, 2.24) is 39.5 Å². The number of imide groups is 1. The maximum absolute atomic E-state index is 15.4. The van der Waals surface area contributed by atoms with Crippen molar-refractivity contribution < 1.29 is 24.0 Å². The normalized spacial score (nSPS) is 27.1. The van der Waals surface area contributed by atoms with Gasteiger partial charge < -0.3 is 34.4 Å². The summed E-state index contributed by atoms with van der Waals surface area (Å²) in [6.07, 6.45) is 19.2. The highest BCUT2D eigenvalue weighted by atomic mass is 16.2. The number of imidazole rings is 1. The second-order valence-electron chi connectivity index (χ2n) is 24.1. The molecule has 5 saturated heterocycles. The van der Waals surface area contributed by atoms with Crippen LogP contribution >= 0.6 is 0 Å². The van der Waals surface area contributed by atoms with Crippen LogP contribution in [-0.4, -0.2) is 134 Å². The standard InChI is InChI=1S/C58H73N11O5/c1-36(2)68-35-60-47-32-46(62-52(51(47)68)61-40-9-10-40)38-7-12-44-48(29-38)69(42-30-41(31-42)64-22-4-3-5-23-64)56(74)58(44)20-27-66(28-21-58)55(73)45-34-67(26-19-57(45)17-6-18-57)54(72)37-15-24-65(25-16-37)49-13-8-39(33-59-49)43-11-14-50(70)63-53(43)71/h7-8,12-13,29,32-33,35-37,40-43,45H,3-6,9-11,14-28,30-31,34H2,1-2H3,(H,61,62)(H,63,70,71)/t41-,42+,43?,45?. The van der Waals surface area contributed by atoms with E-state index in [-0.39, 0.29) is 64.8 Å². The van der Waals surface area contributed by atoms with Gasteiger partial charge in [0.1, 0.15) is 11.3 Å². The van der Waals surface area contributed by atoms with Gasteiger partial charge in [0.15, 0.2) is 5.82 Å². The smallest absolute Gasteiger partial charge is 0.238 e. The number of hydrogen-bond acceptors (Lipinski definition) is 11. The van der Waals surface area contributed by atoms with Gasteiger partial charge in [-0.1, -0.05) is 31.0 Å². The number of nitrogens with zero attached hydrogens (tertiary/aromatic N) is 9. The largest absolute Gasteiger partial charge is 0.366 e. The molecule has 6 aliphatic heterocycles. The number of amides is 5. The summed E-state index contributed by atoms with van der Waals surface area (Å²) in [7, 11) is 0. The Hall–Kier alpha value is -5.90. The number of aromatic nitrogens is 4. The zero-order valence-corrected chi connectivity index (χ0v) is 43.4. The lowest BCUT2D eigenvalue weighted by Crippen LogP contribution is -2.61. The highest BCUT2D eigenvalue weighted by molar-refractivity contribution is 6.09. The number of nitrogens with one attached hydrogen (secondary N) is 2. The van der Waals surface area contributed by atoms with Gasteiger partial charge in [-0.25, -0.2) is 15.0 Å². The quantitative estimate of drug-likeness (QED) is 0.153. The monoisotopic (exact) mass is 1000 g/mol. The van der Waals surface area contributed by atoms with E-state index >= 15 is 9.59 Å². The van der Waals surface area contributed by atoms with Crippen LogP contribution in [-0.2, 0) is 29.4 Å². The van der Waals surface area contributed by atoms with E-state index < -0.39 is 5.41 Å². The van der Waals surface area contributed by atoms with E-state index in [1.807, 2.05) is 23.4 Å². The minimum atomic E-state index is -0.699. The van der Waals surface area contributed by atoms with E-state index in [9.17, 15) is 14.4 Å². The highest BCUT2D eigenvalue weighted by Crippen LogP contribution is 2.55. The Morgan fingerprint density at radius 1 is 0.770 bits per heavy atom. The predicted octanol–water partition coefficient (Wildman–Crippen LogP) is 7.33. The van der Waals surface area contributed by atoms with Crippen molar-refractivity contribution in [2.24, 2.45) is 17.3 Å². The topological polar surface area (TPSA) is 169 Å². The van der Waals surface area contributed by atoms with E-state index in [1.165, 1.54) is 19.3 Å². The molecule has 8 fully saturated rings. The number of anilines is 3. The van der Waals surface area contributed by atoms with Gasteiger partial charge in [-0.05, 0) is 152 Å². The second-order valence-corrected chi connectivity index (χ2v) is 24.1. The van der Waals surface area contributed by atoms with Gasteiger partial charge in [-0.2, -0.15) is 0 Å². The van der Waals surface area contributed by atoms with Crippen molar-refractivity contribution >= 4 is 57.9 Å². The van der Waals surface area contributed by atoms with Crippen molar-refractivity contribution in [2.75, 3.05) is 67.5 Å². The lowest BCUT2D eigenvalue weighted by Gasteiger charge is -2.54. The molecule has 16 heteroatoms. The molecular formula is C58H73N11O5. The van der Waals surface area contributed by atoms with Gasteiger partial charge >= 0.3 is 0 Å². The predicted molar refractivity (Wildman–Crippen MR) is 282 cm³/mol. The van der Waals surface area contributed by atoms with Crippen molar-refractivity contribution in [3.8, 4) is 11.3 Å². The summed E-state index contributed by atoms with van der Waals surface area (Å²) in [5, 5.41) is 6.16. The van der Waals surface area contributed by atoms with Gasteiger partial charge in [0.25, 0.3) is 0 Å². The molecule has 9 aliphatic rings. The number of pyridine rings is 2. The summed E-state index contributed by atoms with van der Waals surface area (Å²) >= 11 is 0. The molecule has 74 heavy (non-hydrogen) atoms. The lowest BCUT2D eigenvalue weighted by atomic mass is 9.57. The minimum Gasteiger partial charge on any atom is -0.366 e. The Morgan fingerprint density at radius 2 is 1.54 bits per heavy atom. The van der Waals surface area contributed by atoms with Gasteiger partial charge in [-0.15, -0.1) is 0 Å². The first kappa shape index (κ1) is 47.8. The number of likely N-dealkylation sites (tertiary alicyclic amines) is 3. The van der Waals surface area contributed by atoms with E-state index in [1.54, 1.807) is 6.20 Å². The molecule has 1 aromatic carbocycles. The average molecular weight is 1000 g/mol. The summed E-state index contributed by atoms with van der Waals surface area (Å²) in [6.45, 7) is 10.3. The zero-order valence-electron chi connectivity index (χ0n) is 43.4. The fourth-order valence-electron chi connectivity index (χ4n) is 14.6. The van der Waals surface area contributed by atoms with Gasteiger partial charge in [0.2, 0.25) is 29.5 Å². The van der Waals surface area contributed by atoms with Crippen LogP contribution < -0.4 is 20.4 Å². The first-order chi connectivity index (χ1) is 35.9. The molecule has 16 nitrogen and oxygen atoms in total. The maximum atomic E-state index is 15.4. The lowest BCUT2D eigenvalue weighted by molar-refractivity contribution is -0.157. The van der Waals surface area contributed by atoms with Crippen LogP contribution in [0.15, 0.2) is 48.9 Å². The van der Waals surface area contributed by atoms with Crippen molar-refractivity contribution in [2.45, 2.75) is 159 Å². The van der Waals surface area contributed by atoms with Crippen molar-refractivity contribution in [3.63, 3.8) is 0 Å². The van der Waals surface area contributed by atoms with E-state index in [4.69, 9.17) is 15.0 Å². The summed E-state index contributed by atoms with van der Waals surface area (Å²) in [5.74, 6) is 1.01. The number of carbonyl (C=O) groups excluding carboxylic acids is 5. The molecule has 2 N–H and O–H groups in total. The Labute approximate surface area is 434 Å². The molecule has 390 valence electrons. The Bertz CT molecular complexity index is 2860. The van der Waals surface area contributed by atoms with Crippen molar-refractivity contribution in [3.05, 3.63) is 60.0 Å². The third kappa shape index (κ3) is 8.27. The molecule has 3 saturated carbocycles. The van der Waals surface area contributed by atoms with Gasteiger partial charge in [-0.3, -0.25) is 29.3 Å². The number of benzene rings is 1. The molecule has 4 aromatic rings. The van der Waals surface area contributed by atoms with Crippen LogP contribution in [0.3, 0.4) is 0 Å². The van der Waals surface area contributed by atoms with Gasteiger partial charge in [0.05, 0.1) is 34.8 Å². The number of carbonyl (C=O) groups is 5. The summed E-state index contributed by atoms with van der Waals surface area (Å²) in [4.78, 5) is 95.0. The summed E-state index contributed by atoms with van der Waals surface area (Å²) in [6, 6.07) is 13.9. The number of piperidine rings is 5. The fraction of sp³-hybridized carbons (Fsp3) is 0.621. The summed E-state index contributed by atoms with van der Waals surface area (Å²) < 4.78 is 2.20. The molecule has 2 spiro atoms. The van der Waals surface area contributed by atoms with Crippen LogP contribution in [0.1, 0.15) is 146 Å². The SMILES string of the molecule is CC(C)n1cnc2cc(-c3ccc4c(c3)N([C@H]3C[C@@H](N5CCCCC5)C3)C(=O)C43CCN(C(=O)C4CN(C(=O)C5CCN(c6ccc(C7CCC(=O)NC7=O)cn6)CC5)CCC45CCC5)CC3)nc(NC3CC3)c21. The molecule has 5 amide bonds. The van der Waals surface area contributed by atoms with E-state index in [2.05, 4.69) is 72.9 Å². The number of fused-ring (bicyclic) bond motifs is 3. The van der Waals surface area contributed by atoms with Crippen LogP contribution in [0.4, 0.5) is 17.3 Å².